The lowest BCUT2D eigenvalue weighted by atomic mass is 9.75. The first-order chi connectivity index (χ1) is 15.3. The molecule has 2 aromatic rings. The molecule has 1 aliphatic heterocycles. The molecule has 0 unspecified atom stereocenters. The van der Waals surface area contributed by atoms with E-state index in [1.807, 2.05) is 0 Å². The number of hydrogen-bond donors (Lipinski definition) is 2. The molecule has 6 nitrogen and oxygen atoms in total. The number of carbonyl (C=O) groups excluding carboxylic acids is 2. The quantitative estimate of drug-likeness (QED) is 0.643. The summed E-state index contributed by atoms with van der Waals surface area (Å²) >= 11 is 0. The molecule has 1 aromatic carbocycles. The number of pyridine rings is 1. The first-order valence-corrected chi connectivity index (χ1v) is 9.73. The van der Waals surface area contributed by atoms with Gasteiger partial charge in [-0.25, -0.2) is 8.78 Å². The molecule has 1 aliphatic rings. The third kappa shape index (κ3) is 4.20. The van der Waals surface area contributed by atoms with Crippen molar-refractivity contribution in [3.63, 3.8) is 0 Å². The zero-order valence-corrected chi connectivity index (χ0v) is 17.5. The zero-order chi connectivity index (χ0) is 24.7. The van der Waals surface area contributed by atoms with Gasteiger partial charge in [0.25, 0.3) is 11.8 Å². The van der Waals surface area contributed by atoms with Crippen molar-refractivity contribution in [1.29, 1.82) is 0 Å². The average Bonchev–Trinajstić information content (AvgIpc) is 3.02. The van der Waals surface area contributed by atoms with Gasteiger partial charge in [-0.05, 0) is 30.7 Å². The van der Waals surface area contributed by atoms with Crippen LogP contribution in [0.5, 0.6) is 0 Å². The molecule has 3 rings (SSSR count). The number of benzene rings is 1. The van der Waals surface area contributed by atoms with Crippen LogP contribution in [-0.2, 0) is 9.53 Å². The van der Waals surface area contributed by atoms with E-state index >= 15 is 0 Å². The van der Waals surface area contributed by atoms with E-state index in [1.54, 1.807) is 0 Å². The van der Waals surface area contributed by atoms with Crippen molar-refractivity contribution in [1.82, 2.24) is 4.98 Å². The van der Waals surface area contributed by atoms with Crippen molar-refractivity contribution >= 4 is 23.6 Å². The normalized spacial score (nSPS) is 25.0. The first-order valence-electron chi connectivity index (χ1n) is 9.73. The van der Waals surface area contributed by atoms with E-state index in [4.69, 9.17) is 10.5 Å². The SMILES string of the molecule is C=Cc1c([C@H]2[C@H](C(=O)Nc3ccnc(C(N)=O)c3)O[C@@](C)(C(F)(F)F)[C@H]2C)ccc(F)c1F. The number of alkyl halides is 3. The van der Waals surface area contributed by atoms with Gasteiger partial charge >= 0.3 is 6.18 Å². The Kier molecular flexibility index (Phi) is 6.29. The number of nitrogens with two attached hydrogens (primary N) is 1. The fraction of sp³-hybridized carbons (Fsp3) is 0.318. The standard InChI is InChI=1S/C22H20F5N3O3/c1-4-12-13(5-6-14(23)17(12)24)16-10(2)21(3,22(25,26)27)33-18(16)20(32)30-11-7-8-29-15(9-11)19(28)31/h4-10,16,18H,1H2,2-3H3,(H2,28,31)(H,29,30,32)/t10-,16-,18+,21+/m0/s1. The summed E-state index contributed by atoms with van der Waals surface area (Å²) in [6.45, 7) is 5.43. The molecular formula is C22H20F5N3O3. The van der Waals surface area contributed by atoms with Gasteiger partial charge in [-0.2, -0.15) is 13.2 Å². The van der Waals surface area contributed by atoms with Gasteiger partial charge in [0.05, 0.1) is 0 Å². The van der Waals surface area contributed by atoms with Crippen LogP contribution in [0.4, 0.5) is 27.6 Å². The van der Waals surface area contributed by atoms with Gasteiger partial charge < -0.3 is 15.8 Å². The Morgan fingerprint density at radius 3 is 2.52 bits per heavy atom. The van der Waals surface area contributed by atoms with Crippen LogP contribution >= 0.6 is 0 Å². The first kappa shape index (κ1) is 24.3. The Morgan fingerprint density at radius 2 is 1.94 bits per heavy atom. The molecule has 33 heavy (non-hydrogen) atoms. The molecule has 2 heterocycles. The van der Waals surface area contributed by atoms with Crippen molar-refractivity contribution in [3.8, 4) is 0 Å². The number of primary amides is 1. The molecule has 0 radical (unpaired) electrons. The van der Waals surface area contributed by atoms with Crippen molar-refractivity contribution < 1.29 is 36.3 Å². The number of ether oxygens (including phenoxy) is 1. The summed E-state index contributed by atoms with van der Waals surface area (Å²) in [6.07, 6.45) is -4.46. The van der Waals surface area contributed by atoms with Crippen LogP contribution in [0.15, 0.2) is 37.0 Å². The third-order valence-electron chi connectivity index (χ3n) is 5.94. The lowest BCUT2D eigenvalue weighted by molar-refractivity contribution is -0.272. The molecule has 1 saturated heterocycles. The second-order valence-electron chi connectivity index (χ2n) is 7.81. The van der Waals surface area contributed by atoms with E-state index in [1.165, 1.54) is 19.2 Å². The van der Waals surface area contributed by atoms with E-state index in [0.717, 1.165) is 31.2 Å². The highest BCUT2D eigenvalue weighted by molar-refractivity contribution is 5.97. The Balaban J connectivity index is 2.08. The van der Waals surface area contributed by atoms with E-state index in [0.29, 0.717) is 0 Å². The molecule has 11 heteroatoms. The molecule has 0 bridgehead atoms. The second-order valence-corrected chi connectivity index (χ2v) is 7.81. The van der Waals surface area contributed by atoms with E-state index in [9.17, 15) is 31.5 Å². The second kappa shape index (κ2) is 8.54. The highest BCUT2D eigenvalue weighted by Crippen LogP contribution is 2.54. The number of amides is 2. The molecule has 4 atom stereocenters. The molecule has 3 N–H and O–H groups in total. The monoisotopic (exact) mass is 469 g/mol. The Morgan fingerprint density at radius 1 is 1.27 bits per heavy atom. The van der Waals surface area contributed by atoms with Crippen LogP contribution in [-0.4, -0.2) is 34.7 Å². The molecular weight excluding hydrogens is 449 g/mol. The molecule has 0 spiro atoms. The highest BCUT2D eigenvalue weighted by Gasteiger charge is 2.65. The van der Waals surface area contributed by atoms with Gasteiger partial charge in [0.1, 0.15) is 11.8 Å². The molecule has 0 saturated carbocycles. The highest BCUT2D eigenvalue weighted by atomic mass is 19.4. The summed E-state index contributed by atoms with van der Waals surface area (Å²) in [6, 6.07) is 4.32. The zero-order valence-electron chi connectivity index (χ0n) is 17.5. The largest absolute Gasteiger partial charge is 0.417 e. The van der Waals surface area contributed by atoms with Crippen molar-refractivity contribution in [2.24, 2.45) is 11.7 Å². The number of rotatable bonds is 5. The molecule has 1 aromatic heterocycles. The molecule has 2 amide bonds. The van der Waals surface area contributed by atoms with E-state index in [2.05, 4.69) is 16.9 Å². The summed E-state index contributed by atoms with van der Waals surface area (Å²) in [5.74, 6) is -7.05. The third-order valence-corrected chi connectivity index (χ3v) is 5.94. The van der Waals surface area contributed by atoms with Crippen LogP contribution in [0.3, 0.4) is 0 Å². The Hall–Kier alpha value is -3.34. The maximum absolute atomic E-state index is 14.4. The fourth-order valence-electron chi connectivity index (χ4n) is 3.96. The Labute approximate surface area is 185 Å². The number of aromatic nitrogens is 1. The van der Waals surface area contributed by atoms with Crippen LogP contribution in [0, 0.1) is 17.6 Å². The van der Waals surface area contributed by atoms with Gasteiger partial charge in [0.15, 0.2) is 17.2 Å². The molecule has 176 valence electrons. The predicted molar refractivity (Wildman–Crippen MR) is 109 cm³/mol. The van der Waals surface area contributed by atoms with Gasteiger partial charge in [0, 0.05) is 29.3 Å². The van der Waals surface area contributed by atoms with E-state index in [-0.39, 0.29) is 22.5 Å². The predicted octanol–water partition coefficient (Wildman–Crippen LogP) is 4.18. The number of anilines is 1. The summed E-state index contributed by atoms with van der Waals surface area (Å²) in [5.41, 5.74) is 1.83. The van der Waals surface area contributed by atoms with Gasteiger partial charge in [0.2, 0.25) is 0 Å². The summed E-state index contributed by atoms with van der Waals surface area (Å²) in [5, 5.41) is 2.38. The minimum Gasteiger partial charge on any atom is -0.364 e. The molecule has 1 fully saturated rings. The summed E-state index contributed by atoms with van der Waals surface area (Å²) in [7, 11) is 0. The fourth-order valence-corrected chi connectivity index (χ4v) is 3.96. The van der Waals surface area contributed by atoms with Crippen LogP contribution in [0.2, 0.25) is 0 Å². The van der Waals surface area contributed by atoms with Crippen molar-refractivity contribution in [3.05, 3.63) is 65.5 Å². The van der Waals surface area contributed by atoms with Crippen molar-refractivity contribution in [2.75, 3.05) is 5.32 Å². The van der Waals surface area contributed by atoms with Crippen molar-refractivity contribution in [2.45, 2.75) is 37.6 Å². The number of nitrogens with zero attached hydrogens (tertiary/aromatic N) is 1. The smallest absolute Gasteiger partial charge is 0.364 e. The average molecular weight is 469 g/mol. The number of hydrogen-bond acceptors (Lipinski definition) is 4. The van der Waals surface area contributed by atoms with Gasteiger partial charge in [-0.3, -0.25) is 14.6 Å². The maximum atomic E-state index is 14.4. The van der Waals surface area contributed by atoms with Crippen LogP contribution < -0.4 is 11.1 Å². The minimum absolute atomic E-state index is 0.0358. The Bertz CT molecular complexity index is 1120. The number of halogens is 5. The van der Waals surface area contributed by atoms with Crippen LogP contribution in [0.1, 0.15) is 41.4 Å². The molecule has 0 aliphatic carbocycles. The number of carbonyl (C=O) groups is 2. The van der Waals surface area contributed by atoms with E-state index < -0.39 is 53.2 Å². The van der Waals surface area contributed by atoms with Gasteiger partial charge in [-0.1, -0.05) is 25.6 Å². The summed E-state index contributed by atoms with van der Waals surface area (Å²) < 4.78 is 75.3. The van der Waals surface area contributed by atoms with Gasteiger partial charge in [-0.15, -0.1) is 0 Å². The maximum Gasteiger partial charge on any atom is 0.417 e. The topological polar surface area (TPSA) is 94.3 Å². The summed E-state index contributed by atoms with van der Waals surface area (Å²) in [4.78, 5) is 28.1. The lowest BCUT2D eigenvalue weighted by Crippen LogP contribution is -2.47. The lowest BCUT2D eigenvalue weighted by Gasteiger charge is -2.32. The number of nitrogens with one attached hydrogen (secondary N) is 1. The van der Waals surface area contributed by atoms with Crippen LogP contribution in [0.25, 0.3) is 6.08 Å². The minimum atomic E-state index is -4.87.